The van der Waals surface area contributed by atoms with Crippen LogP contribution in [-0.4, -0.2) is 17.6 Å². The van der Waals surface area contributed by atoms with Crippen molar-refractivity contribution >= 4 is 23.3 Å². The Morgan fingerprint density at radius 3 is 3.00 bits per heavy atom. The standard InChI is InChI=1S/C15H14FNO2S/c16-13-3-1-2-11(8-13)4-5-15(19)17-9-14(18)12-6-7-20-10-12/h1-8,10,14,18H,9H2,(H,17,19)/b5-4+. The number of hydrogen-bond donors (Lipinski definition) is 2. The molecule has 0 fully saturated rings. The van der Waals surface area contributed by atoms with Gasteiger partial charge in [-0.05, 0) is 46.2 Å². The Kier molecular flexibility index (Phi) is 5.03. The van der Waals surface area contributed by atoms with Crippen LogP contribution in [0.15, 0.2) is 47.2 Å². The number of aliphatic hydroxyl groups excluding tert-OH is 1. The molecule has 1 heterocycles. The highest BCUT2D eigenvalue weighted by Gasteiger charge is 2.08. The van der Waals surface area contributed by atoms with Gasteiger partial charge in [-0.1, -0.05) is 12.1 Å². The third-order valence-electron chi connectivity index (χ3n) is 2.67. The van der Waals surface area contributed by atoms with Crippen LogP contribution in [0.5, 0.6) is 0 Å². The zero-order valence-electron chi connectivity index (χ0n) is 10.6. The fourth-order valence-corrected chi connectivity index (χ4v) is 2.33. The number of amides is 1. The van der Waals surface area contributed by atoms with Gasteiger partial charge in [0.25, 0.3) is 0 Å². The number of halogens is 1. The molecule has 1 amide bonds. The van der Waals surface area contributed by atoms with Crippen molar-refractivity contribution in [2.24, 2.45) is 0 Å². The number of nitrogens with one attached hydrogen (secondary N) is 1. The van der Waals surface area contributed by atoms with Gasteiger partial charge in [-0.15, -0.1) is 0 Å². The van der Waals surface area contributed by atoms with E-state index in [0.717, 1.165) is 5.56 Å². The summed E-state index contributed by atoms with van der Waals surface area (Å²) in [5, 5.41) is 16.1. The highest BCUT2D eigenvalue weighted by molar-refractivity contribution is 7.07. The Labute approximate surface area is 120 Å². The van der Waals surface area contributed by atoms with Gasteiger partial charge in [0.2, 0.25) is 5.91 Å². The van der Waals surface area contributed by atoms with E-state index in [0.29, 0.717) is 5.56 Å². The maximum Gasteiger partial charge on any atom is 0.244 e. The molecular formula is C15H14FNO2S. The van der Waals surface area contributed by atoms with Gasteiger partial charge in [-0.2, -0.15) is 11.3 Å². The van der Waals surface area contributed by atoms with Gasteiger partial charge in [-0.25, -0.2) is 4.39 Å². The van der Waals surface area contributed by atoms with Crippen LogP contribution in [0.1, 0.15) is 17.2 Å². The minimum atomic E-state index is -0.715. The van der Waals surface area contributed by atoms with Crippen molar-refractivity contribution < 1.29 is 14.3 Å². The van der Waals surface area contributed by atoms with Crippen molar-refractivity contribution in [3.8, 4) is 0 Å². The molecule has 0 saturated carbocycles. The van der Waals surface area contributed by atoms with E-state index < -0.39 is 6.10 Å². The quantitative estimate of drug-likeness (QED) is 0.832. The summed E-state index contributed by atoms with van der Waals surface area (Å²) in [6.45, 7) is 0.142. The first kappa shape index (κ1) is 14.4. The number of aliphatic hydroxyl groups is 1. The highest BCUT2D eigenvalue weighted by atomic mass is 32.1. The fourth-order valence-electron chi connectivity index (χ4n) is 1.62. The smallest absolute Gasteiger partial charge is 0.244 e. The van der Waals surface area contributed by atoms with E-state index >= 15 is 0 Å². The summed E-state index contributed by atoms with van der Waals surface area (Å²) >= 11 is 1.49. The Balaban J connectivity index is 1.83. The maximum atomic E-state index is 12.9. The second kappa shape index (κ2) is 6.98. The van der Waals surface area contributed by atoms with E-state index in [-0.39, 0.29) is 18.3 Å². The predicted molar refractivity (Wildman–Crippen MR) is 77.7 cm³/mol. The Hall–Kier alpha value is -1.98. The summed E-state index contributed by atoms with van der Waals surface area (Å²) in [4.78, 5) is 11.6. The van der Waals surface area contributed by atoms with Crippen LogP contribution in [0, 0.1) is 5.82 Å². The van der Waals surface area contributed by atoms with Crippen molar-refractivity contribution in [3.05, 3.63) is 64.1 Å². The van der Waals surface area contributed by atoms with E-state index in [9.17, 15) is 14.3 Å². The third-order valence-corrected chi connectivity index (χ3v) is 3.37. The highest BCUT2D eigenvalue weighted by Crippen LogP contribution is 2.15. The van der Waals surface area contributed by atoms with Gasteiger partial charge >= 0.3 is 0 Å². The van der Waals surface area contributed by atoms with Crippen LogP contribution in [0.4, 0.5) is 4.39 Å². The van der Waals surface area contributed by atoms with Crippen LogP contribution >= 0.6 is 11.3 Å². The minimum Gasteiger partial charge on any atom is -0.387 e. The van der Waals surface area contributed by atoms with Crippen LogP contribution in [0.3, 0.4) is 0 Å². The monoisotopic (exact) mass is 291 g/mol. The van der Waals surface area contributed by atoms with Gasteiger partial charge in [0.05, 0.1) is 6.10 Å². The molecule has 5 heteroatoms. The Bertz CT molecular complexity index is 596. The Morgan fingerprint density at radius 1 is 1.45 bits per heavy atom. The average molecular weight is 291 g/mol. The van der Waals surface area contributed by atoms with Crippen LogP contribution in [-0.2, 0) is 4.79 Å². The molecule has 1 aromatic carbocycles. The molecule has 1 aromatic heterocycles. The molecule has 0 radical (unpaired) electrons. The number of carbonyl (C=O) groups excluding carboxylic acids is 1. The molecular weight excluding hydrogens is 277 g/mol. The summed E-state index contributed by atoms with van der Waals surface area (Å²) in [6.07, 6.45) is 2.12. The lowest BCUT2D eigenvalue weighted by Gasteiger charge is -2.08. The molecule has 104 valence electrons. The number of thiophene rings is 1. The van der Waals surface area contributed by atoms with Crippen molar-refractivity contribution in [1.82, 2.24) is 5.32 Å². The van der Waals surface area contributed by atoms with Gasteiger partial charge < -0.3 is 10.4 Å². The first-order valence-corrected chi connectivity index (χ1v) is 7.01. The number of hydrogen-bond acceptors (Lipinski definition) is 3. The molecule has 1 unspecified atom stereocenters. The SMILES string of the molecule is O=C(/C=C/c1cccc(F)c1)NCC(O)c1ccsc1. The fraction of sp³-hybridized carbons (Fsp3) is 0.133. The summed E-state index contributed by atoms with van der Waals surface area (Å²) in [6, 6.07) is 7.77. The van der Waals surface area contributed by atoms with Crippen molar-refractivity contribution in [2.75, 3.05) is 6.54 Å². The zero-order valence-corrected chi connectivity index (χ0v) is 11.4. The second-order valence-corrected chi connectivity index (χ2v) is 4.99. The van der Waals surface area contributed by atoms with Crippen LogP contribution in [0.25, 0.3) is 6.08 Å². The van der Waals surface area contributed by atoms with Crippen LogP contribution in [0.2, 0.25) is 0 Å². The van der Waals surface area contributed by atoms with Gasteiger partial charge in [0.1, 0.15) is 5.82 Å². The second-order valence-electron chi connectivity index (χ2n) is 4.21. The van der Waals surface area contributed by atoms with E-state index in [1.54, 1.807) is 12.1 Å². The van der Waals surface area contributed by atoms with Gasteiger partial charge in [0, 0.05) is 12.6 Å². The summed E-state index contributed by atoms with van der Waals surface area (Å²) in [7, 11) is 0. The van der Waals surface area contributed by atoms with E-state index in [1.165, 1.54) is 35.6 Å². The minimum absolute atomic E-state index is 0.142. The lowest BCUT2D eigenvalue weighted by atomic mass is 10.2. The summed E-state index contributed by atoms with van der Waals surface area (Å²) in [5.41, 5.74) is 1.39. The van der Waals surface area contributed by atoms with Gasteiger partial charge in [-0.3, -0.25) is 4.79 Å². The molecule has 2 aromatic rings. The largest absolute Gasteiger partial charge is 0.387 e. The molecule has 2 rings (SSSR count). The van der Waals surface area contributed by atoms with Gasteiger partial charge in [0.15, 0.2) is 0 Å². The molecule has 0 spiro atoms. The average Bonchev–Trinajstić information content (AvgIpc) is 2.97. The summed E-state index contributed by atoms with van der Waals surface area (Å²) < 4.78 is 12.9. The van der Waals surface area contributed by atoms with E-state index in [1.807, 2.05) is 16.8 Å². The van der Waals surface area contributed by atoms with Crippen LogP contribution < -0.4 is 5.32 Å². The van der Waals surface area contributed by atoms with Crippen molar-refractivity contribution in [1.29, 1.82) is 0 Å². The molecule has 1 atom stereocenters. The molecule has 3 nitrogen and oxygen atoms in total. The zero-order chi connectivity index (χ0) is 14.4. The third kappa shape index (κ3) is 4.29. The molecule has 0 bridgehead atoms. The first-order valence-electron chi connectivity index (χ1n) is 6.07. The molecule has 0 aliphatic rings. The molecule has 20 heavy (non-hydrogen) atoms. The van der Waals surface area contributed by atoms with E-state index in [2.05, 4.69) is 5.32 Å². The topological polar surface area (TPSA) is 49.3 Å². The number of carbonyl (C=O) groups is 1. The molecule has 0 aliphatic carbocycles. The van der Waals surface area contributed by atoms with E-state index in [4.69, 9.17) is 0 Å². The van der Waals surface area contributed by atoms with Crippen molar-refractivity contribution in [2.45, 2.75) is 6.10 Å². The first-order chi connectivity index (χ1) is 9.65. The Morgan fingerprint density at radius 2 is 2.30 bits per heavy atom. The molecule has 0 aliphatic heterocycles. The normalized spacial score (nSPS) is 12.5. The van der Waals surface area contributed by atoms with Crippen molar-refractivity contribution in [3.63, 3.8) is 0 Å². The molecule has 2 N–H and O–H groups in total. The number of benzene rings is 1. The number of rotatable bonds is 5. The summed E-state index contributed by atoms with van der Waals surface area (Å²) in [5.74, 6) is -0.677. The predicted octanol–water partition coefficient (Wildman–Crippen LogP) is 2.75. The lowest BCUT2D eigenvalue weighted by molar-refractivity contribution is -0.116. The molecule has 0 saturated heterocycles. The maximum absolute atomic E-state index is 12.9. The lowest BCUT2D eigenvalue weighted by Crippen LogP contribution is -2.26.